The van der Waals surface area contributed by atoms with Crippen molar-refractivity contribution in [1.29, 1.82) is 0 Å². The van der Waals surface area contributed by atoms with E-state index in [9.17, 15) is 4.79 Å². The van der Waals surface area contributed by atoms with Gasteiger partial charge in [0, 0.05) is 5.02 Å². The van der Waals surface area contributed by atoms with Gasteiger partial charge in [-0.25, -0.2) is 5.43 Å². The minimum absolute atomic E-state index is 0.177. The number of aryl methyl sites for hydroxylation is 2. The van der Waals surface area contributed by atoms with Crippen molar-refractivity contribution in [3.8, 4) is 11.5 Å². The maximum absolute atomic E-state index is 12.3. The molecule has 0 atom stereocenters. The fraction of sp³-hybridized carbons (Fsp3) is 0.200. The Morgan fingerprint density at radius 1 is 1.12 bits per heavy atom. The van der Waals surface area contributed by atoms with Gasteiger partial charge in [-0.3, -0.25) is 4.79 Å². The summed E-state index contributed by atoms with van der Waals surface area (Å²) in [5.41, 5.74) is 7.51. The summed E-state index contributed by atoms with van der Waals surface area (Å²) in [5.74, 6) is 0.957. The maximum Gasteiger partial charge on any atom is 0.244 e. The second kappa shape index (κ2) is 11.2. The van der Waals surface area contributed by atoms with Gasteiger partial charge in [-0.15, -0.1) is 0 Å². The third kappa shape index (κ3) is 6.58. The quantitative estimate of drug-likeness (QED) is 0.296. The van der Waals surface area contributed by atoms with Crippen molar-refractivity contribution in [2.45, 2.75) is 26.9 Å². The molecule has 0 saturated heterocycles. The minimum atomic E-state index is -0.177. The molecule has 166 valence electrons. The topological polar surface area (TPSA) is 59.9 Å². The Labute approximate surface area is 201 Å². The van der Waals surface area contributed by atoms with Gasteiger partial charge >= 0.3 is 0 Å². The molecule has 3 aromatic carbocycles. The monoisotopic (exact) mass is 514 g/mol. The number of carbonyl (C=O) groups excluding carboxylic acids is 1. The maximum atomic E-state index is 12.3. The Kier molecular flexibility index (Phi) is 8.31. The summed E-state index contributed by atoms with van der Waals surface area (Å²) in [6, 6.07) is 17.2. The average Bonchev–Trinajstić information content (AvgIpc) is 2.76. The van der Waals surface area contributed by atoms with Crippen LogP contribution in [-0.2, 0) is 17.8 Å². The molecule has 0 radical (unpaired) electrons. The Morgan fingerprint density at radius 3 is 2.59 bits per heavy atom. The molecule has 0 unspecified atom stereocenters. The van der Waals surface area contributed by atoms with Crippen LogP contribution >= 0.6 is 27.5 Å². The predicted molar refractivity (Wildman–Crippen MR) is 132 cm³/mol. The van der Waals surface area contributed by atoms with Gasteiger partial charge < -0.3 is 9.47 Å². The molecule has 3 rings (SSSR count). The lowest BCUT2D eigenvalue weighted by molar-refractivity contribution is -0.120. The molecule has 1 amide bonds. The minimum Gasteiger partial charge on any atom is -0.493 e. The number of benzene rings is 3. The van der Waals surface area contributed by atoms with Crippen molar-refractivity contribution in [2.75, 3.05) is 7.11 Å². The fourth-order valence-electron chi connectivity index (χ4n) is 3.07. The van der Waals surface area contributed by atoms with Crippen molar-refractivity contribution < 1.29 is 14.3 Å². The zero-order chi connectivity index (χ0) is 23.1. The van der Waals surface area contributed by atoms with Gasteiger partial charge in [0.25, 0.3) is 0 Å². The Hall–Kier alpha value is -2.83. The number of hydrazone groups is 1. The van der Waals surface area contributed by atoms with Gasteiger partial charge in [-0.2, -0.15) is 5.10 Å². The highest BCUT2D eigenvalue weighted by molar-refractivity contribution is 9.10. The molecule has 0 aromatic heterocycles. The highest BCUT2D eigenvalue weighted by Crippen LogP contribution is 2.36. The fourth-order valence-corrected chi connectivity index (χ4v) is 3.77. The van der Waals surface area contributed by atoms with Gasteiger partial charge in [0.2, 0.25) is 5.91 Å². The van der Waals surface area contributed by atoms with Gasteiger partial charge in [-0.05, 0) is 76.3 Å². The average molecular weight is 516 g/mol. The highest BCUT2D eigenvalue weighted by atomic mass is 79.9. The smallest absolute Gasteiger partial charge is 0.244 e. The summed E-state index contributed by atoms with van der Waals surface area (Å²) in [6.45, 7) is 4.37. The van der Waals surface area contributed by atoms with E-state index < -0.39 is 0 Å². The van der Waals surface area contributed by atoms with Crippen LogP contribution in [0.25, 0.3) is 0 Å². The molecule has 0 heterocycles. The number of halogens is 2. The van der Waals surface area contributed by atoms with Gasteiger partial charge in [0.15, 0.2) is 11.5 Å². The van der Waals surface area contributed by atoms with Crippen molar-refractivity contribution in [3.05, 3.63) is 91.9 Å². The zero-order valence-corrected chi connectivity index (χ0v) is 20.5. The van der Waals surface area contributed by atoms with E-state index in [4.69, 9.17) is 21.1 Å². The SMILES string of the molecule is COc1cc(/C=N/NC(=O)Cc2cc(C)ccc2C)cc(Br)c1OCc1ccc(Cl)cc1. The predicted octanol–water partition coefficient (Wildman–Crippen LogP) is 6.00. The second-order valence-corrected chi connectivity index (χ2v) is 8.64. The number of hydrogen-bond donors (Lipinski definition) is 1. The van der Waals surface area contributed by atoms with E-state index >= 15 is 0 Å². The van der Waals surface area contributed by atoms with Crippen molar-refractivity contribution in [1.82, 2.24) is 5.43 Å². The Balaban J connectivity index is 1.64. The highest BCUT2D eigenvalue weighted by Gasteiger charge is 2.12. The molecule has 3 aromatic rings. The molecule has 0 saturated carbocycles. The van der Waals surface area contributed by atoms with Crippen LogP contribution in [0.2, 0.25) is 5.02 Å². The number of amides is 1. The van der Waals surface area contributed by atoms with Crippen molar-refractivity contribution >= 4 is 39.7 Å². The van der Waals surface area contributed by atoms with Crippen LogP contribution in [-0.4, -0.2) is 19.2 Å². The van der Waals surface area contributed by atoms with Gasteiger partial charge in [-0.1, -0.05) is 47.5 Å². The first-order valence-electron chi connectivity index (χ1n) is 9.98. The van der Waals surface area contributed by atoms with E-state index in [0.29, 0.717) is 27.6 Å². The zero-order valence-electron chi connectivity index (χ0n) is 18.1. The lowest BCUT2D eigenvalue weighted by Gasteiger charge is -2.13. The van der Waals surface area contributed by atoms with Crippen LogP contribution in [0.3, 0.4) is 0 Å². The molecule has 0 aliphatic rings. The summed E-state index contributed by atoms with van der Waals surface area (Å²) >= 11 is 9.46. The molecule has 0 aliphatic heterocycles. The van der Waals surface area contributed by atoms with E-state index in [0.717, 1.165) is 27.8 Å². The number of methoxy groups -OCH3 is 1. The third-order valence-electron chi connectivity index (χ3n) is 4.81. The first-order chi connectivity index (χ1) is 15.4. The number of hydrogen-bond acceptors (Lipinski definition) is 4. The molecule has 0 aliphatic carbocycles. The molecular weight excluding hydrogens is 492 g/mol. The normalized spacial score (nSPS) is 10.9. The first-order valence-corrected chi connectivity index (χ1v) is 11.2. The van der Waals surface area contributed by atoms with Crippen LogP contribution in [0.15, 0.2) is 64.2 Å². The van der Waals surface area contributed by atoms with Crippen LogP contribution in [0, 0.1) is 13.8 Å². The largest absolute Gasteiger partial charge is 0.493 e. The lowest BCUT2D eigenvalue weighted by atomic mass is 10.0. The van der Waals surface area contributed by atoms with Crippen molar-refractivity contribution in [3.63, 3.8) is 0 Å². The Bertz CT molecular complexity index is 1130. The number of carbonyl (C=O) groups is 1. The van der Waals surface area contributed by atoms with E-state index in [1.165, 1.54) is 0 Å². The second-order valence-electron chi connectivity index (χ2n) is 7.35. The molecule has 0 fully saturated rings. The summed E-state index contributed by atoms with van der Waals surface area (Å²) in [6.07, 6.45) is 1.84. The van der Waals surface area contributed by atoms with Crippen LogP contribution in [0.5, 0.6) is 11.5 Å². The van der Waals surface area contributed by atoms with E-state index in [1.54, 1.807) is 19.4 Å². The van der Waals surface area contributed by atoms with Crippen LogP contribution in [0.4, 0.5) is 0 Å². The molecular formula is C25H24BrClN2O3. The first kappa shape index (κ1) is 23.8. The molecule has 7 heteroatoms. The van der Waals surface area contributed by atoms with Gasteiger partial charge in [0.05, 0.1) is 24.2 Å². The molecule has 0 bridgehead atoms. The van der Waals surface area contributed by atoms with Gasteiger partial charge in [0.1, 0.15) is 6.61 Å². The lowest BCUT2D eigenvalue weighted by Crippen LogP contribution is -2.20. The van der Waals surface area contributed by atoms with E-state index in [1.807, 2.05) is 62.4 Å². The molecule has 5 nitrogen and oxygen atoms in total. The number of rotatable bonds is 8. The van der Waals surface area contributed by atoms with E-state index in [2.05, 4.69) is 26.5 Å². The van der Waals surface area contributed by atoms with Crippen molar-refractivity contribution in [2.24, 2.45) is 5.10 Å². The number of nitrogens with one attached hydrogen (secondary N) is 1. The standard InChI is InChI=1S/C25H24BrClN2O3/c1-16-4-5-17(2)20(10-16)13-24(30)29-28-14-19-11-22(26)25(23(12-19)31-3)32-15-18-6-8-21(27)9-7-18/h4-12,14H,13,15H2,1-3H3,(H,29,30)/b28-14+. The summed E-state index contributed by atoms with van der Waals surface area (Å²) in [7, 11) is 1.57. The summed E-state index contributed by atoms with van der Waals surface area (Å²) in [4.78, 5) is 12.3. The summed E-state index contributed by atoms with van der Waals surface area (Å²) < 4.78 is 12.1. The molecule has 32 heavy (non-hydrogen) atoms. The Morgan fingerprint density at radius 2 is 1.88 bits per heavy atom. The molecule has 0 spiro atoms. The van der Waals surface area contributed by atoms with Crippen LogP contribution < -0.4 is 14.9 Å². The number of nitrogens with zero attached hydrogens (tertiary/aromatic N) is 1. The number of ether oxygens (including phenoxy) is 2. The van der Waals surface area contributed by atoms with E-state index in [-0.39, 0.29) is 12.3 Å². The van der Waals surface area contributed by atoms with Crippen LogP contribution in [0.1, 0.15) is 27.8 Å². The third-order valence-corrected chi connectivity index (χ3v) is 5.65. The summed E-state index contributed by atoms with van der Waals surface area (Å²) in [5, 5.41) is 4.76. The molecule has 1 N–H and O–H groups in total.